The van der Waals surface area contributed by atoms with Gasteiger partial charge in [-0.25, -0.2) is 4.39 Å². The number of halogens is 1. The van der Waals surface area contributed by atoms with Gasteiger partial charge in [-0.05, 0) is 94.5 Å². The molecule has 0 radical (unpaired) electrons. The van der Waals surface area contributed by atoms with Crippen molar-refractivity contribution < 1.29 is 19.4 Å². The SMILES string of the molecule is CCCCCCN(C)C(CC(O)C(=N)S/C=C/C(Cc1ccc(C)c(F)c1)CC(C)(C)C(=O)O)C(C)C. The third-order valence-electron chi connectivity index (χ3n) is 7.10. The van der Waals surface area contributed by atoms with Crippen LogP contribution in [0.3, 0.4) is 0 Å². The van der Waals surface area contributed by atoms with Crippen LogP contribution in [0.1, 0.15) is 84.3 Å². The third-order valence-corrected chi connectivity index (χ3v) is 7.92. The van der Waals surface area contributed by atoms with E-state index >= 15 is 0 Å². The summed E-state index contributed by atoms with van der Waals surface area (Å²) in [5.74, 6) is -0.942. The number of aliphatic carboxylic acids is 1. The summed E-state index contributed by atoms with van der Waals surface area (Å²) >= 11 is 1.17. The Bertz CT molecular complexity index is 888. The van der Waals surface area contributed by atoms with E-state index in [-0.39, 0.29) is 22.8 Å². The highest BCUT2D eigenvalue weighted by molar-refractivity contribution is 8.16. The van der Waals surface area contributed by atoms with Crippen molar-refractivity contribution in [2.24, 2.45) is 17.3 Å². The predicted octanol–water partition coefficient (Wildman–Crippen LogP) is 7.31. The molecule has 3 atom stereocenters. The van der Waals surface area contributed by atoms with Gasteiger partial charge < -0.3 is 15.1 Å². The highest BCUT2D eigenvalue weighted by Gasteiger charge is 2.30. The summed E-state index contributed by atoms with van der Waals surface area (Å²) in [4.78, 5) is 14.0. The van der Waals surface area contributed by atoms with Crippen LogP contribution in [0, 0.1) is 35.4 Å². The molecule has 1 aromatic carbocycles. The Morgan fingerprint density at radius 1 is 1.24 bits per heavy atom. The number of aliphatic hydroxyl groups is 1. The second-order valence-electron chi connectivity index (χ2n) is 11.4. The molecule has 0 aliphatic carbocycles. The number of hydrogen-bond donors (Lipinski definition) is 3. The lowest BCUT2D eigenvalue weighted by Crippen LogP contribution is -2.40. The normalized spacial score (nSPS) is 14.9. The van der Waals surface area contributed by atoms with Crippen LogP contribution in [0.15, 0.2) is 29.7 Å². The molecule has 0 spiro atoms. The number of aliphatic hydroxyl groups excluding tert-OH is 1. The summed E-state index contributed by atoms with van der Waals surface area (Å²) < 4.78 is 14.1. The van der Waals surface area contributed by atoms with Crippen LogP contribution in [0.5, 0.6) is 0 Å². The van der Waals surface area contributed by atoms with Crippen molar-refractivity contribution in [3.63, 3.8) is 0 Å². The molecule has 0 aliphatic rings. The number of aryl methyl sites for hydroxylation is 1. The predicted molar refractivity (Wildman–Crippen MR) is 155 cm³/mol. The molecule has 0 bridgehead atoms. The van der Waals surface area contributed by atoms with Crippen molar-refractivity contribution in [1.29, 1.82) is 5.41 Å². The smallest absolute Gasteiger partial charge is 0.309 e. The number of rotatable bonds is 17. The molecular formula is C30H49FN2O3S. The molecule has 7 heteroatoms. The number of nitrogens with zero attached hydrogens (tertiary/aromatic N) is 1. The Hall–Kier alpha value is -1.70. The van der Waals surface area contributed by atoms with Gasteiger partial charge in [0.05, 0.1) is 10.5 Å². The first-order chi connectivity index (χ1) is 17.3. The molecular weight excluding hydrogens is 487 g/mol. The monoisotopic (exact) mass is 536 g/mol. The maximum absolute atomic E-state index is 14.1. The van der Waals surface area contributed by atoms with Crippen LogP contribution in [0.25, 0.3) is 0 Å². The minimum atomic E-state index is -0.942. The summed E-state index contributed by atoms with van der Waals surface area (Å²) in [5.41, 5.74) is 0.439. The lowest BCUT2D eigenvalue weighted by molar-refractivity contribution is -0.147. The number of benzene rings is 1. The average Bonchev–Trinajstić information content (AvgIpc) is 2.81. The molecule has 1 aromatic rings. The minimum Gasteiger partial charge on any atom is -0.481 e. The zero-order valence-electron chi connectivity index (χ0n) is 23.9. The number of carboxylic acids is 1. The highest BCUT2D eigenvalue weighted by atomic mass is 32.2. The fourth-order valence-corrected chi connectivity index (χ4v) is 5.27. The first kappa shape index (κ1) is 33.3. The molecule has 0 saturated heterocycles. The summed E-state index contributed by atoms with van der Waals surface area (Å²) in [6.07, 6.45) is 7.20. The fourth-order valence-electron chi connectivity index (χ4n) is 4.57. The summed E-state index contributed by atoms with van der Waals surface area (Å²) in [7, 11) is 2.10. The topological polar surface area (TPSA) is 84.6 Å². The quantitative estimate of drug-likeness (QED) is 0.110. The Labute approximate surface area is 228 Å². The Morgan fingerprint density at radius 2 is 1.92 bits per heavy atom. The molecule has 0 fully saturated rings. The molecule has 3 N–H and O–H groups in total. The van der Waals surface area contributed by atoms with Gasteiger partial charge in [0.2, 0.25) is 0 Å². The van der Waals surface area contributed by atoms with E-state index in [1.807, 2.05) is 12.1 Å². The third kappa shape index (κ3) is 12.1. The van der Waals surface area contributed by atoms with Gasteiger partial charge in [-0.2, -0.15) is 0 Å². The van der Waals surface area contributed by atoms with Crippen molar-refractivity contribution in [1.82, 2.24) is 4.90 Å². The van der Waals surface area contributed by atoms with E-state index in [1.165, 1.54) is 37.1 Å². The van der Waals surface area contributed by atoms with Gasteiger partial charge in [0.25, 0.3) is 0 Å². The molecule has 5 nitrogen and oxygen atoms in total. The summed E-state index contributed by atoms with van der Waals surface area (Å²) in [6.45, 7) is 12.6. The van der Waals surface area contributed by atoms with Crippen LogP contribution in [-0.4, -0.2) is 51.9 Å². The summed E-state index contributed by atoms with van der Waals surface area (Å²) in [6, 6.07) is 5.30. The minimum absolute atomic E-state index is 0.150. The fraction of sp³-hybridized carbons (Fsp3) is 0.667. The van der Waals surface area contributed by atoms with Gasteiger partial charge >= 0.3 is 5.97 Å². The Balaban J connectivity index is 2.84. The molecule has 0 amide bonds. The standard InChI is InChI=1S/C30H49FN2O3S/c1-8-9-10-11-15-33(7)26(21(2)3)19-27(34)28(32)37-16-14-24(20-30(5,6)29(35)36)17-23-13-12-22(4)25(31)18-23/h12-14,16,18,21,24,26-27,32,34H,8-11,15,17,19-20H2,1-7H3,(H,35,36)/b16-14+,32-28?. The second-order valence-corrected chi connectivity index (χ2v) is 12.3. The van der Waals surface area contributed by atoms with Crippen LogP contribution in [0.4, 0.5) is 4.39 Å². The van der Waals surface area contributed by atoms with Gasteiger partial charge in [0.1, 0.15) is 11.9 Å². The van der Waals surface area contributed by atoms with Crippen LogP contribution in [0.2, 0.25) is 0 Å². The van der Waals surface area contributed by atoms with Crippen LogP contribution < -0.4 is 0 Å². The van der Waals surface area contributed by atoms with E-state index in [2.05, 4.69) is 32.7 Å². The molecule has 3 unspecified atom stereocenters. The average molecular weight is 537 g/mol. The number of unbranched alkanes of at least 4 members (excludes halogenated alkanes) is 3. The number of allylic oxidation sites excluding steroid dienone is 1. The molecule has 37 heavy (non-hydrogen) atoms. The summed E-state index contributed by atoms with van der Waals surface area (Å²) in [5, 5.41) is 30.8. The number of carboxylic acid groups (broad SMARTS) is 1. The zero-order valence-corrected chi connectivity index (χ0v) is 24.7. The molecule has 0 saturated carbocycles. The maximum atomic E-state index is 14.1. The van der Waals surface area contributed by atoms with E-state index in [9.17, 15) is 19.4 Å². The van der Waals surface area contributed by atoms with Crippen molar-refractivity contribution in [2.45, 2.75) is 98.6 Å². The first-order valence-corrected chi connectivity index (χ1v) is 14.4. The van der Waals surface area contributed by atoms with E-state index in [0.717, 1.165) is 18.5 Å². The van der Waals surface area contributed by atoms with Gasteiger partial charge in [-0.3, -0.25) is 10.2 Å². The van der Waals surface area contributed by atoms with Crippen LogP contribution in [-0.2, 0) is 11.2 Å². The molecule has 210 valence electrons. The zero-order chi connectivity index (χ0) is 28.2. The Morgan fingerprint density at radius 3 is 2.49 bits per heavy atom. The van der Waals surface area contributed by atoms with Crippen molar-refractivity contribution in [3.8, 4) is 0 Å². The van der Waals surface area contributed by atoms with E-state index < -0.39 is 17.5 Å². The van der Waals surface area contributed by atoms with Crippen molar-refractivity contribution in [3.05, 3.63) is 46.6 Å². The lowest BCUT2D eigenvalue weighted by atomic mass is 9.80. The maximum Gasteiger partial charge on any atom is 0.309 e. The van der Waals surface area contributed by atoms with Gasteiger partial charge in [-0.1, -0.05) is 70.0 Å². The molecule has 0 aromatic heterocycles. The second kappa shape index (κ2) is 16.3. The van der Waals surface area contributed by atoms with E-state index in [1.54, 1.807) is 32.2 Å². The first-order valence-electron chi connectivity index (χ1n) is 13.6. The van der Waals surface area contributed by atoms with E-state index in [0.29, 0.717) is 30.7 Å². The van der Waals surface area contributed by atoms with Gasteiger partial charge in [0, 0.05) is 6.04 Å². The number of thioether (sulfide) groups is 1. The Kier molecular flexibility index (Phi) is 14.7. The highest BCUT2D eigenvalue weighted by Crippen LogP contribution is 2.30. The number of nitrogens with one attached hydrogen (secondary N) is 1. The van der Waals surface area contributed by atoms with E-state index in [4.69, 9.17) is 5.41 Å². The van der Waals surface area contributed by atoms with Crippen molar-refractivity contribution >= 4 is 22.8 Å². The lowest BCUT2D eigenvalue weighted by Gasteiger charge is -2.33. The van der Waals surface area contributed by atoms with Gasteiger partial charge in [0.15, 0.2) is 0 Å². The number of carbonyl (C=O) groups is 1. The van der Waals surface area contributed by atoms with Crippen LogP contribution >= 0.6 is 11.8 Å². The van der Waals surface area contributed by atoms with Crippen molar-refractivity contribution in [2.75, 3.05) is 13.6 Å². The largest absolute Gasteiger partial charge is 0.481 e. The van der Waals surface area contributed by atoms with Gasteiger partial charge in [-0.15, -0.1) is 0 Å². The molecule has 0 aliphatic heterocycles. The molecule has 1 rings (SSSR count). The molecule has 0 heterocycles. The number of hydrogen-bond acceptors (Lipinski definition) is 5.